The summed E-state index contributed by atoms with van der Waals surface area (Å²) in [5.41, 5.74) is 5.17. The summed E-state index contributed by atoms with van der Waals surface area (Å²) in [6.07, 6.45) is 3.21. The highest BCUT2D eigenvalue weighted by molar-refractivity contribution is 6.06. The van der Waals surface area contributed by atoms with E-state index in [1.54, 1.807) is 11.1 Å². The number of anilines is 2. The quantitative estimate of drug-likeness (QED) is 0.394. The van der Waals surface area contributed by atoms with Gasteiger partial charge in [-0.2, -0.15) is 0 Å². The topological polar surface area (TPSA) is 103 Å². The maximum absolute atomic E-state index is 13.2. The molecule has 0 bridgehead atoms. The molecule has 8 nitrogen and oxygen atoms in total. The molecule has 1 aromatic heterocycles. The van der Waals surface area contributed by atoms with Crippen LogP contribution in [0.25, 0.3) is 0 Å². The molecule has 8 heteroatoms. The molecule has 5 rings (SSSR count). The van der Waals surface area contributed by atoms with Gasteiger partial charge in [-0.3, -0.25) is 14.4 Å². The minimum absolute atomic E-state index is 0.0316. The summed E-state index contributed by atoms with van der Waals surface area (Å²) in [6, 6.07) is 17.6. The maximum atomic E-state index is 13.2. The molecule has 1 atom stereocenters. The van der Waals surface area contributed by atoms with Crippen LogP contribution in [-0.2, 0) is 45.7 Å². The Kier molecular flexibility index (Phi) is 7.48. The molecule has 0 radical (unpaired) electrons. The first kappa shape index (κ1) is 26.6. The van der Waals surface area contributed by atoms with E-state index in [0.717, 1.165) is 27.8 Å². The number of fused-ring (bicyclic) bond motifs is 3. The van der Waals surface area contributed by atoms with Crippen molar-refractivity contribution in [2.45, 2.75) is 51.6 Å². The number of hydrogen-bond acceptors (Lipinski definition) is 5. The molecule has 0 fully saturated rings. The Hall–Kier alpha value is -4.04. The van der Waals surface area contributed by atoms with Crippen molar-refractivity contribution in [1.82, 2.24) is 15.2 Å². The summed E-state index contributed by atoms with van der Waals surface area (Å²) >= 11 is 0. The maximum Gasteiger partial charge on any atom is 0.244 e. The van der Waals surface area contributed by atoms with E-state index in [-0.39, 0.29) is 30.2 Å². The molecule has 3 N–H and O–H groups in total. The summed E-state index contributed by atoms with van der Waals surface area (Å²) in [5.74, 6) is 0.490. The molecule has 2 aliphatic rings. The van der Waals surface area contributed by atoms with Crippen LogP contribution in [0.3, 0.4) is 0 Å². The number of aromatic nitrogens is 1. The molecule has 3 aromatic rings. The largest absolute Gasteiger partial charge is 0.329 e. The zero-order chi connectivity index (χ0) is 27.6. The van der Waals surface area contributed by atoms with Crippen molar-refractivity contribution in [2.75, 3.05) is 24.2 Å². The van der Waals surface area contributed by atoms with Crippen LogP contribution < -0.4 is 16.0 Å². The molecule has 2 aromatic carbocycles. The summed E-state index contributed by atoms with van der Waals surface area (Å²) in [4.78, 5) is 45.3. The lowest BCUT2D eigenvalue weighted by molar-refractivity contribution is -0.136. The Morgan fingerprint density at radius 3 is 2.59 bits per heavy atom. The minimum atomic E-state index is -0.657. The van der Waals surface area contributed by atoms with E-state index in [0.29, 0.717) is 43.9 Å². The number of benzene rings is 2. The van der Waals surface area contributed by atoms with Gasteiger partial charge in [0, 0.05) is 37.0 Å². The van der Waals surface area contributed by atoms with Gasteiger partial charge < -0.3 is 20.9 Å². The Morgan fingerprint density at radius 1 is 1.05 bits per heavy atom. The van der Waals surface area contributed by atoms with Crippen molar-refractivity contribution in [2.24, 2.45) is 5.92 Å². The van der Waals surface area contributed by atoms with Crippen molar-refractivity contribution < 1.29 is 14.4 Å². The van der Waals surface area contributed by atoms with Gasteiger partial charge in [-0.05, 0) is 66.3 Å². The highest BCUT2D eigenvalue weighted by atomic mass is 16.2. The number of nitrogens with zero attached hydrogens (tertiary/aromatic N) is 2. The first-order valence-electron chi connectivity index (χ1n) is 13.5. The molecule has 0 saturated heterocycles. The smallest absolute Gasteiger partial charge is 0.244 e. The monoisotopic (exact) mass is 525 g/mol. The van der Waals surface area contributed by atoms with Crippen LogP contribution in [-0.4, -0.2) is 41.2 Å². The number of carbonyl (C=O) groups excluding carboxylic acids is 3. The summed E-state index contributed by atoms with van der Waals surface area (Å²) in [5, 5.41) is 9.08. The minimum Gasteiger partial charge on any atom is -0.329 e. The van der Waals surface area contributed by atoms with Gasteiger partial charge in [0.05, 0.1) is 5.41 Å². The van der Waals surface area contributed by atoms with Crippen molar-refractivity contribution in [1.29, 1.82) is 0 Å². The highest BCUT2D eigenvalue weighted by Crippen LogP contribution is 2.46. The summed E-state index contributed by atoms with van der Waals surface area (Å²) in [7, 11) is 1.89. The standard InChI is InChI=1S/C31H35N5O3/c1-20(2)13-28(38)36(18-23-8-5-4-7-22(23)17-32-3)19-27(37)34-25-11-10-21-15-31(16-24(21)14-25)26-9-6-12-33-29(26)35-30(31)39/h4-12,14,20,32H,13,15-19H2,1-3H3,(H,34,37)(H,33,35,39). The second-order valence-corrected chi connectivity index (χ2v) is 11.0. The van der Waals surface area contributed by atoms with E-state index in [9.17, 15) is 14.4 Å². The van der Waals surface area contributed by atoms with Gasteiger partial charge in [0.15, 0.2) is 0 Å². The third-order valence-electron chi connectivity index (χ3n) is 7.58. The third kappa shape index (κ3) is 5.43. The SMILES string of the molecule is CNCc1ccccc1CN(CC(=O)Nc1ccc2c(c1)CC1(C2)C(=O)Nc2ncccc21)C(=O)CC(C)C. The molecule has 1 aliphatic carbocycles. The van der Waals surface area contributed by atoms with Crippen LogP contribution in [0.5, 0.6) is 0 Å². The van der Waals surface area contributed by atoms with E-state index >= 15 is 0 Å². The van der Waals surface area contributed by atoms with Gasteiger partial charge in [0.2, 0.25) is 17.7 Å². The first-order chi connectivity index (χ1) is 18.8. The van der Waals surface area contributed by atoms with E-state index in [4.69, 9.17) is 0 Å². The van der Waals surface area contributed by atoms with Gasteiger partial charge in [-0.1, -0.05) is 50.2 Å². The second kappa shape index (κ2) is 11.0. The van der Waals surface area contributed by atoms with Crippen LogP contribution >= 0.6 is 0 Å². The summed E-state index contributed by atoms with van der Waals surface area (Å²) < 4.78 is 0. The zero-order valence-corrected chi connectivity index (χ0v) is 22.7. The molecule has 0 saturated carbocycles. The van der Waals surface area contributed by atoms with Crippen LogP contribution in [0.4, 0.5) is 11.5 Å². The average molecular weight is 526 g/mol. The van der Waals surface area contributed by atoms with Gasteiger partial charge in [0.1, 0.15) is 12.4 Å². The third-order valence-corrected chi connectivity index (χ3v) is 7.58. The van der Waals surface area contributed by atoms with Gasteiger partial charge in [-0.15, -0.1) is 0 Å². The van der Waals surface area contributed by atoms with Gasteiger partial charge in [0.25, 0.3) is 0 Å². The van der Waals surface area contributed by atoms with Crippen LogP contribution in [0.1, 0.15) is 48.1 Å². The number of hydrogen-bond donors (Lipinski definition) is 3. The number of pyridine rings is 1. The average Bonchev–Trinajstić information content (AvgIpc) is 3.41. The molecular weight excluding hydrogens is 490 g/mol. The second-order valence-electron chi connectivity index (χ2n) is 11.0. The Labute approximate surface area is 229 Å². The fourth-order valence-corrected chi connectivity index (χ4v) is 5.71. The number of amides is 3. The lowest BCUT2D eigenvalue weighted by atomic mass is 9.79. The fourth-order valence-electron chi connectivity index (χ4n) is 5.71. The van der Waals surface area contributed by atoms with Gasteiger partial charge >= 0.3 is 0 Å². The lowest BCUT2D eigenvalue weighted by Crippen LogP contribution is -2.38. The molecule has 1 aliphatic heterocycles. The Bertz CT molecular complexity index is 1420. The summed E-state index contributed by atoms with van der Waals surface area (Å²) in [6.45, 7) is 5.01. The van der Waals surface area contributed by atoms with Gasteiger partial charge in [-0.25, -0.2) is 4.98 Å². The Balaban J connectivity index is 1.31. The Morgan fingerprint density at radius 2 is 1.82 bits per heavy atom. The first-order valence-corrected chi connectivity index (χ1v) is 13.5. The fraction of sp³-hybridized carbons (Fsp3) is 0.355. The lowest BCUT2D eigenvalue weighted by Gasteiger charge is -2.24. The number of rotatable bonds is 9. The number of carbonyl (C=O) groups is 3. The van der Waals surface area contributed by atoms with Crippen LogP contribution in [0.15, 0.2) is 60.8 Å². The molecule has 1 unspecified atom stereocenters. The molecule has 3 amide bonds. The molecule has 1 spiro atoms. The van der Waals surface area contributed by atoms with Crippen molar-refractivity contribution in [3.05, 3.63) is 88.6 Å². The van der Waals surface area contributed by atoms with Crippen molar-refractivity contribution in [3.8, 4) is 0 Å². The molecule has 202 valence electrons. The number of nitrogens with one attached hydrogen (secondary N) is 3. The molecule has 2 heterocycles. The molecule has 39 heavy (non-hydrogen) atoms. The molecular formula is C31H35N5O3. The van der Waals surface area contributed by atoms with E-state index in [2.05, 4.69) is 20.9 Å². The van der Waals surface area contributed by atoms with Crippen LogP contribution in [0.2, 0.25) is 0 Å². The van der Waals surface area contributed by atoms with E-state index < -0.39 is 5.41 Å². The normalized spacial score (nSPS) is 17.2. The predicted molar refractivity (Wildman–Crippen MR) is 151 cm³/mol. The highest BCUT2D eigenvalue weighted by Gasteiger charge is 2.51. The predicted octanol–water partition coefficient (Wildman–Crippen LogP) is 3.80. The van der Waals surface area contributed by atoms with E-state index in [1.165, 1.54) is 0 Å². The van der Waals surface area contributed by atoms with E-state index in [1.807, 2.05) is 75.5 Å². The van der Waals surface area contributed by atoms with Crippen LogP contribution in [0, 0.1) is 5.92 Å². The zero-order valence-electron chi connectivity index (χ0n) is 22.7. The van der Waals surface area contributed by atoms with Crippen molar-refractivity contribution >= 4 is 29.2 Å². The van der Waals surface area contributed by atoms with Crippen molar-refractivity contribution in [3.63, 3.8) is 0 Å².